The molecule has 2 atom stereocenters. The second kappa shape index (κ2) is 52.7. The van der Waals surface area contributed by atoms with Crippen LogP contribution in [0.3, 0.4) is 0 Å². The SMILES string of the molecule is CCCCCCCCC/C=C\CCCCCCCC(=O)OCCCCCCCCCCCC/C=C\CCCCCCCCCC(=O)NC(CO)C(O)/C=C/CCCCCCCCC. The first-order valence-electron chi connectivity index (χ1n) is 27.8. The van der Waals surface area contributed by atoms with Crippen LogP contribution in [0.25, 0.3) is 0 Å². The molecule has 0 rings (SSSR count). The fourth-order valence-electron chi connectivity index (χ4n) is 8.33. The van der Waals surface area contributed by atoms with Gasteiger partial charge in [-0.1, -0.05) is 230 Å². The number of carbonyl (C=O) groups excluding carboxylic acids is 2. The maximum absolute atomic E-state index is 12.4. The van der Waals surface area contributed by atoms with E-state index < -0.39 is 12.1 Å². The highest BCUT2D eigenvalue weighted by Gasteiger charge is 2.18. The zero-order chi connectivity index (χ0) is 45.8. The molecule has 0 saturated heterocycles. The summed E-state index contributed by atoms with van der Waals surface area (Å²) in [6, 6.07) is -0.631. The normalized spacial score (nSPS) is 12.9. The van der Waals surface area contributed by atoms with E-state index in [0.29, 0.717) is 19.4 Å². The molecule has 0 aromatic rings. The largest absolute Gasteiger partial charge is 0.466 e. The molecule has 0 aromatic heterocycles. The van der Waals surface area contributed by atoms with Crippen molar-refractivity contribution in [3.63, 3.8) is 0 Å². The minimum Gasteiger partial charge on any atom is -0.466 e. The standard InChI is InChI=1S/C57H107NO5/c1-3-5-7-9-11-13-14-15-16-25-28-31-35-39-43-47-51-57(62)63-52-48-44-40-36-32-29-26-23-21-19-17-18-20-22-24-27-30-34-38-42-46-50-56(61)58-54(53-59)55(60)49-45-41-37-33-12-10-8-6-4-2/h16,18,20,25,45,49,54-55,59-60H,3-15,17,19,21-24,26-44,46-48,50-53H2,1-2H3,(H,58,61)/b20-18-,25-16-,49-45+. The van der Waals surface area contributed by atoms with Crippen molar-refractivity contribution in [2.45, 2.75) is 302 Å². The summed E-state index contributed by atoms with van der Waals surface area (Å²) in [7, 11) is 0. The molecule has 0 saturated carbocycles. The van der Waals surface area contributed by atoms with Crippen molar-refractivity contribution in [3.8, 4) is 0 Å². The van der Waals surface area contributed by atoms with Gasteiger partial charge in [-0.05, 0) is 83.5 Å². The van der Waals surface area contributed by atoms with Gasteiger partial charge in [-0.15, -0.1) is 0 Å². The molecular formula is C57H107NO5. The topological polar surface area (TPSA) is 95.9 Å². The summed E-state index contributed by atoms with van der Waals surface area (Å²) in [6.45, 7) is 4.86. The average molecular weight is 886 g/mol. The number of aliphatic hydroxyl groups is 2. The number of allylic oxidation sites excluding steroid dienone is 5. The maximum Gasteiger partial charge on any atom is 0.305 e. The quantitative estimate of drug-likeness (QED) is 0.0321. The molecule has 1 amide bonds. The van der Waals surface area contributed by atoms with Crippen molar-refractivity contribution in [1.29, 1.82) is 0 Å². The Kier molecular flexibility index (Phi) is 51.1. The maximum atomic E-state index is 12.4. The Bertz CT molecular complexity index is 1020. The van der Waals surface area contributed by atoms with Crippen LogP contribution in [0.15, 0.2) is 36.5 Å². The van der Waals surface area contributed by atoms with E-state index in [1.807, 2.05) is 6.08 Å². The lowest BCUT2D eigenvalue weighted by Gasteiger charge is -2.20. The van der Waals surface area contributed by atoms with Gasteiger partial charge in [0.15, 0.2) is 0 Å². The Morgan fingerprint density at radius 3 is 1.13 bits per heavy atom. The van der Waals surface area contributed by atoms with E-state index in [9.17, 15) is 19.8 Å². The van der Waals surface area contributed by atoms with Gasteiger partial charge in [0.1, 0.15) is 0 Å². The van der Waals surface area contributed by atoms with Crippen LogP contribution >= 0.6 is 0 Å². The first kappa shape index (κ1) is 61.1. The summed E-state index contributed by atoms with van der Waals surface area (Å²) in [5, 5.41) is 22.9. The van der Waals surface area contributed by atoms with Gasteiger partial charge in [0.2, 0.25) is 5.91 Å². The predicted molar refractivity (Wildman–Crippen MR) is 273 cm³/mol. The van der Waals surface area contributed by atoms with Crippen LogP contribution in [0.4, 0.5) is 0 Å². The molecular weight excluding hydrogens is 779 g/mol. The predicted octanol–water partition coefficient (Wildman–Crippen LogP) is 16.9. The number of hydrogen-bond donors (Lipinski definition) is 3. The highest BCUT2D eigenvalue weighted by Crippen LogP contribution is 2.15. The van der Waals surface area contributed by atoms with E-state index >= 15 is 0 Å². The van der Waals surface area contributed by atoms with Crippen LogP contribution in [0.1, 0.15) is 290 Å². The number of unbranched alkanes of at least 4 members (excludes halogenated alkanes) is 36. The molecule has 0 aliphatic carbocycles. The molecule has 0 radical (unpaired) electrons. The van der Waals surface area contributed by atoms with E-state index in [1.165, 1.54) is 212 Å². The monoisotopic (exact) mass is 886 g/mol. The summed E-state index contributed by atoms with van der Waals surface area (Å²) in [5.41, 5.74) is 0. The van der Waals surface area contributed by atoms with E-state index in [2.05, 4.69) is 43.5 Å². The lowest BCUT2D eigenvalue weighted by atomic mass is 10.0. The second-order valence-corrected chi connectivity index (χ2v) is 18.9. The molecule has 2 unspecified atom stereocenters. The lowest BCUT2D eigenvalue weighted by molar-refractivity contribution is -0.143. The molecule has 370 valence electrons. The number of nitrogens with one attached hydrogen (secondary N) is 1. The molecule has 6 nitrogen and oxygen atoms in total. The van der Waals surface area contributed by atoms with Gasteiger partial charge in [0, 0.05) is 12.8 Å². The number of esters is 1. The molecule has 0 aromatic carbocycles. The van der Waals surface area contributed by atoms with Crippen LogP contribution in [0, 0.1) is 0 Å². The van der Waals surface area contributed by atoms with Crippen molar-refractivity contribution >= 4 is 11.9 Å². The number of carbonyl (C=O) groups is 2. The summed E-state index contributed by atoms with van der Waals surface area (Å²) in [6.07, 6.45) is 64.6. The summed E-state index contributed by atoms with van der Waals surface area (Å²) < 4.78 is 5.47. The molecule has 0 aliphatic rings. The smallest absolute Gasteiger partial charge is 0.305 e. The Morgan fingerprint density at radius 2 is 0.746 bits per heavy atom. The molecule has 63 heavy (non-hydrogen) atoms. The second-order valence-electron chi connectivity index (χ2n) is 18.9. The van der Waals surface area contributed by atoms with E-state index in [1.54, 1.807) is 6.08 Å². The first-order valence-corrected chi connectivity index (χ1v) is 27.8. The van der Waals surface area contributed by atoms with E-state index in [-0.39, 0.29) is 18.5 Å². The van der Waals surface area contributed by atoms with Crippen molar-refractivity contribution in [1.82, 2.24) is 5.32 Å². The molecule has 3 N–H and O–H groups in total. The van der Waals surface area contributed by atoms with Crippen molar-refractivity contribution in [3.05, 3.63) is 36.5 Å². The Morgan fingerprint density at radius 1 is 0.429 bits per heavy atom. The van der Waals surface area contributed by atoms with Crippen molar-refractivity contribution < 1.29 is 24.5 Å². The highest BCUT2D eigenvalue weighted by molar-refractivity contribution is 5.76. The molecule has 0 aliphatic heterocycles. The Labute approximate surface area is 392 Å². The third kappa shape index (κ3) is 49.4. The lowest BCUT2D eigenvalue weighted by Crippen LogP contribution is -2.45. The Balaban J connectivity index is 3.41. The van der Waals surface area contributed by atoms with Crippen LogP contribution in [-0.2, 0) is 14.3 Å². The van der Waals surface area contributed by atoms with E-state index in [0.717, 1.165) is 51.4 Å². The van der Waals surface area contributed by atoms with Crippen LogP contribution < -0.4 is 5.32 Å². The minimum absolute atomic E-state index is 0.000425. The van der Waals surface area contributed by atoms with Gasteiger partial charge in [-0.25, -0.2) is 0 Å². The third-order valence-electron chi connectivity index (χ3n) is 12.6. The zero-order valence-electron chi connectivity index (χ0n) is 42.1. The number of aliphatic hydroxyl groups excluding tert-OH is 2. The number of hydrogen-bond acceptors (Lipinski definition) is 5. The number of rotatable bonds is 51. The van der Waals surface area contributed by atoms with Gasteiger partial charge in [0.25, 0.3) is 0 Å². The van der Waals surface area contributed by atoms with Crippen molar-refractivity contribution in [2.24, 2.45) is 0 Å². The minimum atomic E-state index is -0.847. The molecule has 6 heteroatoms. The number of amides is 1. The highest BCUT2D eigenvalue weighted by atomic mass is 16.5. The number of ether oxygens (including phenoxy) is 1. The molecule has 0 spiro atoms. The fourth-order valence-corrected chi connectivity index (χ4v) is 8.33. The fraction of sp³-hybridized carbons (Fsp3) is 0.860. The van der Waals surface area contributed by atoms with Gasteiger partial charge in [-0.2, -0.15) is 0 Å². The molecule has 0 bridgehead atoms. The Hall–Kier alpha value is -1.92. The summed E-state index contributed by atoms with van der Waals surface area (Å²) in [5.74, 6) is -0.0795. The van der Waals surface area contributed by atoms with Crippen LogP contribution in [0.2, 0.25) is 0 Å². The van der Waals surface area contributed by atoms with Crippen LogP contribution in [0.5, 0.6) is 0 Å². The molecule has 0 fully saturated rings. The zero-order valence-corrected chi connectivity index (χ0v) is 42.1. The first-order chi connectivity index (χ1) is 31.0. The molecule has 0 heterocycles. The van der Waals surface area contributed by atoms with Gasteiger partial charge in [-0.3, -0.25) is 9.59 Å². The van der Waals surface area contributed by atoms with Gasteiger partial charge >= 0.3 is 5.97 Å². The van der Waals surface area contributed by atoms with Gasteiger partial charge in [0.05, 0.1) is 25.4 Å². The van der Waals surface area contributed by atoms with E-state index in [4.69, 9.17) is 4.74 Å². The third-order valence-corrected chi connectivity index (χ3v) is 12.6. The van der Waals surface area contributed by atoms with Crippen LogP contribution in [-0.4, -0.2) is 47.4 Å². The average Bonchev–Trinajstić information content (AvgIpc) is 3.28. The van der Waals surface area contributed by atoms with Crippen molar-refractivity contribution in [2.75, 3.05) is 13.2 Å². The summed E-state index contributed by atoms with van der Waals surface area (Å²) >= 11 is 0. The van der Waals surface area contributed by atoms with Gasteiger partial charge < -0.3 is 20.3 Å². The summed E-state index contributed by atoms with van der Waals surface area (Å²) in [4.78, 5) is 24.4.